The lowest BCUT2D eigenvalue weighted by Crippen LogP contribution is -2.28. The number of phosphoric ester groups is 4. The molecular weight excluding hydrogens is 609 g/mol. The van der Waals surface area contributed by atoms with E-state index < -0.39 is 95.2 Å². The fourth-order valence-corrected chi connectivity index (χ4v) is 5.02. The maximum atomic E-state index is 12.7. The van der Waals surface area contributed by atoms with Crippen molar-refractivity contribution >= 4 is 31.3 Å². The zero-order valence-corrected chi connectivity index (χ0v) is 24.1. The van der Waals surface area contributed by atoms with Crippen LogP contribution in [0.3, 0.4) is 0 Å². The van der Waals surface area contributed by atoms with Crippen LogP contribution < -0.4 is 16.2 Å². The quantitative estimate of drug-likeness (QED) is 0.0460. The van der Waals surface area contributed by atoms with Gasteiger partial charge in [-0.2, -0.15) is 5.54 Å². The monoisotopic (exact) mass is 645 g/mol. The molecule has 0 aromatic rings. The highest BCUT2D eigenvalue weighted by atomic mass is 31.2. The van der Waals surface area contributed by atoms with Crippen LogP contribution >= 0.6 is 31.3 Å². The van der Waals surface area contributed by atoms with Gasteiger partial charge >= 0.3 is 31.3 Å². The van der Waals surface area contributed by atoms with Crippen molar-refractivity contribution < 1.29 is 79.2 Å². The largest absolute Gasteiger partial charge is 0.472 e. The molecule has 0 heterocycles. The van der Waals surface area contributed by atoms with E-state index in [0.29, 0.717) is 0 Å². The third kappa shape index (κ3) is 22.0. The molecule has 0 saturated heterocycles. The molecule has 0 aliphatic rings. The third-order valence-corrected chi connectivity index (χ3v) is 7.07. The predicted octanol–water partition coefficient (Wildman–Crippen LogP) is -0.766. The Balaban J connectivity index is 4.80. The molecule has 230 valence electrons. The van der Waals surface area contributed by atoms with Crippen molar-refractivity contribution in [2.45, 2.75) is 0 Å². The number of hydrogen-bond donors (Lipinski definition) is 9. The Hall–Kier alpha value is 0.250. The summed E-state index contributed by atoms with van der Waals surface area (Å²) in [6.07, 6.45) is 0. The van der Waals surface area contributed by atoms with Crippen LogP contribution in [0.4, 0.5) is 4.48 Å². The summed E-state index contributed by atoms with van der Waals surface area (Å²) in [7, 11) is -16.1. The summed E-state index contributed by atoms with van der Waals surface area (Å²) < 4.78 is 86.4. The Morgan fingerprint density at radius 1 is 0.553 bits per heavy atom. The number of phosphoric acid groups is 4. The second kappa shape index (κ2) is 18.6. The van der Waals surface area contributed by atoms with Gasteiger partial charge in [-0.05, 0) is 14.1 Å². The molecule has 9 N–H and O–H groups in total. The van der Waals surface area contributed by atoms with Crippen LogP contribution in [0, 0.1) is 17.8 Å². The van der Waals surface area contributed by atoms with Gasteiger partial charge in [0.05, 0.1) is 39.6 Å². The minimum absolute atomic E-state index is 0.0919. The molecule has 4 unspecified atom stereocenters. The second-order valence-electron chi connectivity index (χ2n) is 7.74. The molecule has 0 aromatic heterocycles. The Labute approximate surface area is 218 Å². The van der Waals surface area contributed by atoms with E-state index >= 15 is 0 Å². The van der Waals surface area contributed by atoms with Gasteiger partial charge in [-0.15, -0.1) is 4.48 Å². The van der Waals surface area contributed by atoms with E-state index in [2.05, 4.69) is 19.7 Å². The standard InChI is InChI=1S/C14H36FN3O16P4/c1-16-3-12(6-29-35(19,20)21)8-31-37(25,26)33-10-14(5-18-15)11-34-38(27,28)32-9-13(4-17-2)7-30-36(22,23)24/h12-14,16-18H,3-11H2,1-2H3,(H,25,26)(H,27,28)(H2,19,20,21)(H2,22,23,24). The molecule has 0 amide bonds. The third-order valence-electron chi connectivity index (χ3n) is 4.20. The van der Waals surface area contributed by atoms with Gasteiger partial charge in [-0.1, -0.05) is 0 Å². The summed E-state index contributed by atoms with van der Waals surface area (Å²) in [5, 5.41) is 5.35. The number of nitrogens with one attached hydrogen (secondary N) is 3. The second-order valence-corrected chi connectivity index (χ2v) is 13.1. The average Bonchev–Trinajstić information content (AvgIpc) is 2.78. The minimum atomic E-state index is -4.78. The van der Waals surface area contributed by atoms with Crippen LogP contribution in [-0.4, -0.2) is 103 Å². The minimum Gasteiger partial charge on any atom is -0.319 e. The normalized spacial score (nSPS) is 18.4. The van der Waals surface area contributed by atoms with Crippen LogP contribution in [0.1, 0.15) is 0 Å². The first-order chi connectivity index (χ1) is 17.4. The van der Waals surface area contributed by atoms with Crippen LogP contribution in [0.2, 0.25) is 0 Å². The van der Waals surface area contributed by atoms with Crippen LogP contribution in [0.25, 0.3) is 0 Å². The summed E-state index contributed by atoms with van der Waals surface area (Å²) in [5.41, 5.74) is 1.25. The van der Waals surface area contributed by atoms with Crippen molar-refractivity contribution in [2.24, 2.45) is 17.8 Å². The van der Waals surface area contributed by atoms with Crippen LogP contribution in [0.5, 0.6) is 0 Å². The van der Waals surface area contributed by atoms with Crippen molar-refractivity contribution in [3.05, 3.63) is 0 Å². The van der Waals surface area contributed by atoms with Crippen molar-refractivity contribution in [1.82, 2.24) is 16.2 Å². The Kier molecular flexibility index (Phi) is 18.8. The van der Waals surface area contributed by atoms with Gasteiger partial charge in [0.15, 0.2) is 0 Å². The first-order valence-corrected chi connectivity index (χ1v) is 16.7. The molecular formula is C14H36FN3O16P4. The first-order valence-electron chi connectivity index (χ1n) is 10.7. The molecule has 0 aliphatic carbocycles. The topological polar surface area (TPSA) is 281 Å². The Morgan fingerprint density at radius 2 is 0.816 bits per heavy atom. The van der Waals surface area contributed by atoms with Gasteiger partial charge < -0.3 is 40.0 Å². The maximum absolute atomic E-state index is 12.7. The van der Waals surface area contributed by atoms with Crippen molar-refractivity contribution in [1.29, 1.82) is 0 Å². The van der Waals surface area contributed by atoms with E-state index in [-0.39, 0.29) is 13.1 Å². The zero-order valence-electron chi connectivity index (χ0n) is 20.5. The van der Waals surface area contributed by atoms with Gasteiger partial charge in [0.25, 0.3) is 0 Å². The predicted molar refractivity (Wildman–Crippen MR) is 127 cm³/mol. The van der Waals surface area contributed by atoms with Crippen molar-refractivity contribution in [3.8, 4) is 0 Å². The molecule has 19 nitrogen and oxygen atoms in total. The van der Waals surface area contributed by atoms with Gasteiger partial charge in [-0.3, -0.25) is 27.1 Å². The maximum Gasteiger partial charge on any atom is 0.472 e. The fourth-order valence-electron chi connectivity index (χ4n) is 2.46. The summed E-state index contributed by atoms with van der Waals surface area (Å²) in [6, 6.07) is 0. The lowest BCUT2D eigenvalue weighted by molar-refractivity contribution is 0.0691. The van der Waals surface area contributed by atoms with Gasteiger partial charge in [0.2, 0.25) is 0 Å². The number of hydrogen-bond acceptors (Lipinski definition) is 13. The first kappa shape index (κ1) is 38.2. The smallest absolute Gasteiger partial charge is 0.319 e. The molecule has 0 aliphatic heterocycles. The molecule has 24 heteroatoms. The number of rotatable bonds is 24. The molecule has 0 fully saturated rings. The summed E-state index contributed by atoms with van der Waals surface area (Å²) in [4.78, 5) is 54.8. The van der Waals surface area contributed by atoms with Crippen LogP contribution in [-0.2, 0) is 45.4 Å². The fraction of sp³-hybridized carbons (Fsp3) is 1.00. The molecule has 4 atom stereocenters. The van der Waals surface area contributed by atoms with Gasteiger partial charge in [0.1, 0.15) is 0 Å². The van der Waals surface area contributed by atoms with E-state index in [1.807, 2.05) is 0 Å². The molecule has 0 radical (unpaired) electrons. The highest BCUT2D eigenvalue weighted by Gasteiger charge is 2.29. The van der Waals surface area contributed by atoms with Gasteiger partial charge in [-0.25, -0.2) is 18.3 Å². The van der Waals surface area contributed by atoms with Crippen molar-refractivity contribution in [2.75, 3.05) is 73.4 Å². The van der Waals surface area contributed by atoms with E-state index in [0.717, 1.165) is 0 Å². The molecule has 0 rings (SSSR count). The highest BCUT2D eigenvalue weighted by molar-refractivity contribution is 7.47. The van der Waals surface area contributed by atoms with Crippen molar-refractivity contribution in [3.63, 3.8) is 0 Å². The van der Waals surface area contributed by atoms with E-state index in [9.17, 15) is 32.5 Å². The number of halogens is 1. The van der Waals surface area contributed by atoms with E-state index in [1.165, 1.54) is 19.6 Å². The molecule has 0 aromatic carbocycles. The van der Waals surface area contributed by atoms with Crippen LogP contribution in [0.15, 0.2) is 0 Å². The molecule has 0 bridgehead atoms. The zero-order chi connectivity index (χ0) is 29.5. The SMILES string of the molecule is CNCC(COP(=O)(O)O)COP(=O)(O)OCC(CNF)COP(=O)(O)OCC(CNC)COP(=O)(O)O. The Morgan fingerprint density at radius 3 is 1.05 bits per heavy atom. The van der Waals surface area contributed by atoms with Gasteiger partial charge in [0, 0.05) is 37.4 Å². The molecule has 0 spiro atoms. The average molecular weight is 645 g/mol. The summed E-state index contributed by atoms with van der Waals surface area (Å²) in [6.45, 7) is -3.82. The highest BCUT2D eigenvalue weighted by Crippen LogP contribution is 2.46. The molecule has 0 saturated carbocycles. The van der Waals surface area contributed by atoms with E-state index in [4.69, 9.17) is 37.7 Å². The Bertz CT molecular complexity index is 782. The summed E-state index contributed by atoms with van der Waals surface area (Å²) in [5.74, 6) is -2.63. The van der Waals surface area contributed by atoms with E-state index in [1.54, 1.807) is 0 Å². The lowest BCUT2D eigenvalue weighted by Gasteiger charge is -2.22. The molecule has 38 heavy (non-hydrogen) atoms. The summed E-state index contributed by atoms with van der Waals surface area (Å²) >= 11 is 0. The lowest BCUT2D eigenvalue weighted by atomic mass is 10.2.